The molecule has 1 aliphatic rings. The summed E-state index contributed by atoms with van der Waals surface area (Å²) in [4.78, 5) is 23.3. The van der Waals surface area contributed by atoms with Crippen LogP contribution in [0.3, 0.4) is 0 Å². The van der Waals surface area contributed by atoms with Crippen LogP contribution < -0.4 is 0 Å². The van der Waals surface area contributed by atoms with Gasteiger partial charge in [-0.2, -0.15) is 5.10 Å². The van der Waals surface area contributed by atoms with Gasteiger partial charge in [0, 0.05) is 43.2 Å². The van der Waals surface area contributed by atoms with Gasteiger partial charge in [-0.05, 0) is 31.0 Å². The third kappa shape index (κ3) is 3.08. The quantitative estimate of drug-likeness (QED) is 0.787. The fourth-order valence-electron chi connectivity index (χ4n) is 3.44. The highest BCUT2D eigenvalue weighted by molar-refractivity contribution is 5.92. The van der Waals surface area contributed by atoms with E-state index in [0.717, 1.165) is 18.5 Å². The molecule has 1 unspecified atom stereocenters. The third-order valence-corrected chi connectivity index (χ3v) is 4.68. The van der Waals surface area contributed by atoms with Gasteiger partial charge in [0.2, 0.25) is 0 Å². The van der Waals surface area contributed by atoms with Crippen LogP contribution >= 0.6 is 0 Å². The van der Waals surface area contributed by atoms with Gasteiger partial charge in [0.1, 0.15) is 11.5 Å². The lowest BCUT2D eigenvalue weighted by Gasteiger charge is -2.32. The van der Waals surface area contributed by atoms with E-state index in [1.807, 2.05) is 0 Å². The van der Waals surface area contributed by atoms with Crippen LogP contribution in [-0.4, -0.2) is 44.1 Å². The van der Waals surface area contributed by atoms with E-state index in [9.17, 15) is 9.18 Å². The SMILES string of the molecule is O=C(c1ccn[nH]1)N1CCCC(c2nccnc2-c2ccccc2F)C1. The fraction of sp³-hybridized carbons (Fsp3) is 0.263. The van der Waals surface area contributed by atoms with Crippen molar-refractivity contribution in [3.8, 4) is 11.3 Å². The zero-order valence-electron chi connectivity index (χ0n) is 14.1. The molecule has 0 bridgehead atoms. The summed E-state index contributed by atoms with van der Waals surface area (Å²) in [5.74, 6) is -0.391. The maximum Gasteiger partial charge on any atom is 0.271 e. The molecule has 7 heteroatoms. The summed E-state index contributed by atoms with van der Waals surface area (Å²) in [6.07, 6.45) is 6.50. The first-order chi connectivity index (χ1) is 12.7. The van der Waals surface area contributed by atoms with Crippen molar-refractivity contribution in [2.75, 3.05) is 13.1 Å². The number of amides is 1. The molecule has 4 rings (SSSR count). The van der Waals surface area contributed by atoms with Crippen molar-refractivity contribution in [1.82, 2.24) is 25.1 Å². The zero-order valence-corrected chi connectivity index (χ0v) is 14.1. The van der Waals surface area contributed by atoms with Crippen LogP contribution in [0, 0.1) is 5.82 Å². The highest BCUT2D eigenvalue weighted by atomic mass is 19.1. The van der Waals surface area contributed by atoms with Crippen molar-refractivity contribution >= 4 is 5.91 Å². The minimum Gasteiger partial charge on any atom is -0.337 e. The van der Waals surface area contributed by atoms with Crippen molar-refractivity contribution in [2.24, 2.45) is 0 Å². The molecule has 26 heavy (non-hydrogen) atoms. The molecule has 0 spiro atoms. The Labute approximate surface area is 150 Å². The number of nitrogens with zero attached hydrogens (tertiary/aromatic N) is 4. The fourth-order valence-corrected chi connectivity index (χ4v) is 3.44. The maximum absolute atomic E-state index is 14.3. The molecule has 1 aromatic carbocycles. The van der Waals surface area contributed by atoms with E-state index in [0.29, 0.717) is 30.0 Å². The van der Waals surface area contributed by atoms with E-state index in [-0.39, 0.29) is 17.6 Å². The van der Waals surface area contributed by atoms with Crippen LogP contribution in [0.2, 0.25) is 0 Å². The molecule has 1 N–H and O–H groups in total. The molecule has 1 amide bonds. The number of rotatable bonds is 3. The van der Waals surface area contributed by atoms with Crippen molar-refractivity contribution in [3.05, 3.63) is 66.1 Å². The molecule has 2 aromatic heterocycles. The minimum absolute atomic E-state index is 0.0129. The molecule has 132 valence electrons. The van der Waals surface area contributed by atoms with Crippen LogP contribution in [0.15, 0.2) is 48.9 Å². The van der Waals surface area contributed by atoms with Crippen LogP contribution in [0.4, 0.5) is 4.39 Å². The second-order valence-corrected chi connectivity index (χ2v) is 6.33. The molecule has 3 heterocycles. The van der Waals surface area contributed by atoms with Gasteiger partial charge in [-0.25, -0.2) is 4.39 Å². The smallest absolute Gasteiger partial charge is 0.271 e. The molecule has 1 saturated heterocycles. The maximum atomic E-state index is 14.3. The van der Waals surface area contributed by atoms with Crippen LogP contribution in [-0.2, 0) is 0 Å². The first-order valence-corrected chi connectivity index (χ1v) is 8.58. The van der Waals surface area contributed by atoms with Crippen molar-refractivity contribution in [3.63, 3.8) is 0 Å². The zero-order chi connectivity index (χ0) is 17.9. The van der Waals surface area contributed by atoms with Gasteiger partial charge in [0.25, 0.3) is 5.91 Å². The summed E-state index contributed by atoms with van der Waals surface area (Å²) < 4.78 is 14.3. The Kier molecular flexibility index (Phi) is 4.43. The second kappa shape index (κ2) is 7.03. The number of halogens is 1. The summed E-state index contributed by atoms with van der Waals surface area (Å²) in [5.41, 5.74) is 2.19. The lowest BCUT2D eigenvalue weighted by atomic mass is 9.91. The van der Waals surface area contributed by atoms with Crippen molar-refractivity contribution in [1.29, 1.82) is 0 Å². The van der Waals surface area contributed by atoms with Crippen LogP contribution in [0.1, 0.15) is 34.9 Å². The molecule has 0 aliphatic carbocycles. The standard InChI is InChI=1S/C19H18FN5O/c20-15-6-2-1-5-14(15)18-17(21-9-10-22-18)13-4-3-11-25(12-13)19(26)16-7-8-23-24-16/h1-2,5-10,13H,3-4,11-12H2,(H,23,24). The molecule has 0 radical (unpaired) electrons. The average Bonchev–Trinajstić information content (AvgIpc) is 3.23. The normalized spacial score (nSPS) is 17.3. The molecule has 1 aliphatic heterocycles. The summed E-state index contributed by atoms with van der Waals surface area (Å²) in [6.45, 7) is 1.21. The molecular formula is C19H18FN5O. The number of hydrogen-bond donors (Lipinski definition) is 1. The summed E-state index contributed by atoms with van der Waals surface area (Å²) in [6, 6.07) is 8.23. The molecule has 1 fully saturated rings. The van der Waals surface area contributed by atoms with Crippen molar-refractivity contribution < 1.29 is 9.18 Å². The van der Waals surface area contributed by atoms with Crippen molar-refractivity contribution in [2.45, 2.75) is 18.8 Å². The summed E-state index contributed by atoms with van der Waals surface area (Å²) >= 11 is 0. The van der Waals surface area contributed by atoms with Gasteiger partial charge in [-0.3, -0.25) is 19.9 Å². The van der Waals surface area contributed by atoms with E-state index in [1.165, 1.54) is 6.07 Å². The van der Waals surface area contributed by atoms with E-state index in [4.69, 9.17) is 0 Å². The number of aromatic nitrogens is 4. The molecule has 1 atom stereocenters. The number of carbonyl (C=O) groups excluding carboxylic acids is 1. The van der Waals surface area contributed by atoms with Gasteiger partial charge in [-0.1, -0.05) is 12.1 Å². The monoisotopic (exact) mass is 351 g/mol. The number of hydrogen-bond acceptors (Lipinski definition) is 4. The Balaban J connectivity index is 1.64. The molecular weight excluding hydrogens is 333 g/mol. The largest absolute Gasteiger partial charge is 0.337 e. The van der Waals surface area contributed by atoms with Gasteiger partial charge in [-0.15, -0.1) is 0 Å². The summed E-state index contributed by atoms with van der Waals surface area (Å²) in [7, 11) is 0. The number of aromatic amines is 1. The predicted molar refractivity (Wildman–Crippen MR) is 93.9 cm³/mol. The average molecular weight is 351 g/mol. The minimum atomic E-state index is -0.324. The van der Waals surface area contributed by atoms with Gasteiger partial charge < -0.3 is 4.90 Å². The Morgan fingerprint density at radius 3 is 2.81 bits per heavy atom. The molecule has 0 saturated carbocycles. The van der Waals surface area contributed by atoms with E-state index < -0.39 is 0 Å². The number of H-pyrrole nitrogens is 1. The Morgan fingerprint density at radius 2 is 2.00 bits per heavy atom. The number of piperidine rings is 1. The lowest BCUT2D eigenvalue weighted by molar-refractivity contribution is 0.0700. The Hall–Kier alpha value is -3.09. The predicted octanol–water partition coefficient (Wildman–Crippen LogP) is 3.03. The molecule has 6 nitrogen and oxygen atoms in total. The first kappa shape index (κ1) is 16.4. The van der Waals surface area contributed by atoms with Crippen LogP contribution in [0.25, 0.3) is 11.3 Å². The highest BCUT2D eigenvalue weighted by Gasteiger charge is 2.29. The topological polar surface area (TPSA) is 74.8 Å². The van der Waals surface area contributed by atoms with Gasteiger partial charge in [0.05, 0.1) is 11.4 Å². The first-order valence-electron chi connectivity index (χ1n) is 8.58. The third-order valence-electron chi connectivity index (χ3n) is 4.68. The lowest BCUT2D eigenvalue weighted by Crippen LogP contribution is -2.39. The number of carbonyl (C=O) groups is 1. The van der Waals surface area contributed by atoms with E-state index in [1.54, 1.807) is 47.8 Å². The Morgan fingerprint density at radius 1 is 1.15 bits per heavy atom. The van der Waals surface area contributed by atoms with Crippen LogP contribution in [0.5, 0.6) is 0 Å². The number of nitrogens with one attached hydrogen (secondary N) is 1. The van der Waals surface area contributed by atoms with E-state index >= 15 is 0 Å². The number of likely N-dealkylation sites (tertiary alicyclic amines) is 1. The Bertz CT molecular complexity index is 912. The molecule has 3 aromatic rings. The van der Waals surface area contributed by atoms with Gasteiger partial charge >= 0.3 is 0 Å². The second-order valence-electron chi connectivity index (χ2n) is 6.33. The highest BCUT2D eigenvalue weighted by Crippen LogP contribution is 2.33. The summed E-state index contributed by atoms with van der Waals surface area (Å²) in [5, 5.41) is 6.56. The van der Waals surface area contributed by atoms with E-state index in [2.05, 4.69) is 20.2 Å². The number of benzene rings is 1. The van der Waals surface area contributed by atoms with Gasteiger partial charge in [0.15, 0.2) is 0 Å².